The fourth-order valence-electron chi connectivity index (χ4n) is 4.31. The van der Waals surface area contributed by atoms with E-state index in [2.05, 4.69) is 67.0 Å². The number of phosphoric ester groups is 1. The number of carbonyl (C=O) groups excluding carboxylic acids is 3. The lowest BCUT2D eigenvalue weighted by molar-refractivity contribution is -0.161. The van der Waals surface area contributed by atoms with Gasteiger partial charge in [-0.3, -0.25) is 18.9 Å². The van der Waals surface area contributed by atoms with Crippen LogP contribution in [0.25, 0.3) is 0 Å². The summed E-state index contributed by atoms with van der Waals surface area (Å²) in [5.41, 5.74) is 0. The average molecular weight is 731 g/mol. The SMILES string of the molecule is CC/C=C\C/C=C\C/C=C\C/C=C\CCCCC(=O)OC[C@H](COP(=O)(O)O)OC(=O)CCC/C=C\C/C=C\C/C=C\C=C\C(=O)CCCCC. The third kappa shape index (κ3) is 37.7. The van der Waals surface area contributed by atoms with E-state index < -0.39 is 32.5 Å². The third-order valence-electron chi connectivity index (χ3n) is 7.06. The molecule has 10 heteroatoms. The molecule has 9 nitrogen and oxygen atoms in total. The van der Waals surface area contributed by atoms with Gasteiger partial charge in [-0.1, -0.05) is 118 Å². The Bertz CT molecular complexity index is 1200. The Labute approximate surface area is 307 Å². The summed E-state index contributed by atoms with van der Waals surface area (Å²) in [5, 5.41) is 0. The maximum absolute atomic E-state index is 12.3. The molecule has 0 aliphatic carbocycles. The lowest BCUT2D eigenvalue weighted by atomic mass is 10.1. The van der Waals surface area contributed by atoms with E-state index in [1.807, 2.05) is 36.5 Å². The molecule has 0 radical (unpaired) electrons. The number of allylic oxidation sites excluding steroid dienone is 16. The van der Waals surface area contributed by atoms with E-state index in [0.717, 1.165) is 70.6 Å². The molecular weight excluding hydrogens is 667 g/mol. The molecule has 0 bridgehead atoms. The molecule has 0 fully saturated rings. The summed E-state index contributed by atoms with van der Waals surface area (Å²) in [6.07, 6.45) is 44.0. The van der Waals surface area contributed by atoms with Gasteiger partial charge in [-0.2, -0.15) is 0 Å². The van der Waals surface area contributed by atoms with Crippen molar-refractivity contribution in [3.63, 3.8) is 0 Å². The van der Waals surface area contributed by atoms with E-state index in [-0.39, 0.29) is 25.2 Å². The van der Waals surface area contributed by atoms with Gasteiger partial charge >= 0.3 is 19.8 Å². The van der Waals surface area contributed by atoms with Crippen LogP contribution in [0.3, 0.4) is 0 Å². The number of esters is 2. The third-order valence-corrected chi connectivity index (χ3v) is 7.55. The van der Waals surface area contributed by atoms with Crippen molar-refractivity contribution < 1.29 is 42.7 Å². The number of ketones is 1. The highest BCUT2D eigenvalue weighted by Crippen LogP contribution is 2.35. The number of rotatable bonds is 32. The molecule has 0 heterocycles. The van der Waals surface area contributed by atoms with Crippen LogP contribution in [-0.4, -0.2) is 46.8 Å². The maximum atomic E-state index is 12.3. The van der Waals surface area contributed by atoms with Crippen LogP contribution in [0.4, 0.5) is 0 Å². The largest absolute Gasteiger partial charge is 0.469 e. The van der Waals surface area contributed by atoms with Crippen molar-refractivity contribution in [2.24, 2.45) is 0 Å². The summed E-state index contributed by atoms with van der Waals surface area (Å²) in [6.45, 7) is 3.29. The van der Waals surface area contributed by atoms with Crippen LogP contribution in [0, 0.1) is 0 Å². The minimum atomic E-state index is -4.80. The van der Waals surface area contributed by atoms with Crippen molar-refractivity contribution in [1.29, 1.82) is 0 Å². The van der Waals surface area contributed by atoms with Gasteiger partial charge in [-0.05, 0) is 83.1 Å². The minimum Gasteiger partial charge on any atom is -0.462 e. The second kappa shape index (κ2) is 35.1. The first-order chi connectivity index (χ1) is 24.7. The number of unbranched alkanes of at least 4 members (excludes halogenated alkanes) is 5. The molecule has 0 aliphatic heterocycles. The van der Waals surface area contributed by atoms with Gasteiger partial charge in [-0.15, -0.1) is 0 Å². The molecule has 0 saturated heterocycles. The molecule has 286 valence electrons. The normalized spacial score (nSPS) is 13.5. The lowest BCUT2D eigenvalue weighted by Gasteiger charge is -2.18. The average Bonchev–Trinajstić information content (AvgIpc) is 3.09. The van der Waals surface area contributed by atoms with Gasteiger partial charge < -0.3 is 19.3 Å². The Morgan fingerprint density at radius 2 is 1.12 bits per heavy atom. The number of hydrogen-bond acceptors (Lipinski definition) is 7. The fraction of sp³-hybridized carbons (Fsp3) is 0.537. The van der Waals surface area contributed by atoms with Crippen LogP contribution >= 0.6 is 7.82 Å². The van der Waals surface area contributed by atoms with Crippen molar-refractivity contribution in [3.8, 4) is 0 Å². The van der Waals surface area contributed by atoms with Crippen molar-refractivity contribution in [2.45, 2.75) is 129 Å². The van der Waals surface area contributed by atoms with Crippen LogP contribution in [0.1, 0.15) is 123 Å². The first kappa shape index (κ1) is 47.6. The number of ether oxygens (including phenoxy) is 2. The number of phosphoric acid groups is 1. The molecule has 0 saturated carbocycles. The Balaban J connectivity index is 4.23. The van der Waals surface area contributed by atoms with Crippen LogP contribution < -0.4 is 0 Å². The van der Waals surface area contributed by atoms with E-state index in [1.54, 1.807) is 12.2 Å². The second-order valence-electron chi connectivity index (χ2n) is 11.8. The monoisotopic (exact) mass is 730 g/mol. The minimum absolute atomic E-state index is 0.0945. The van der Waals surface area contributed by atoms with Crippen LogP contribution in [0.2, 0.25) is 0 Å². The zero-order valence-electron chi connectivity index (χ0n) is 30.9. The first-order valence-corrected chi connectivity index (χ1v) is 20.0. The summed E-state index contributed by atoms with van der Waals surface area (Å²) in [7, 11) is -4.80. The lowest BCUT2D eigenvalue weighted by Crippen LogP contribution is -2.29. The Morgan fingerprint density at radius 3 is 1.71 bits per heavy atom. The molecule has 0 aliphatic rings. The van der Waals surface area contributed by atoms with Gasteiger partial charge in [0.25, 0.3) is 0 Å². The molecule has 1 atom stereocenters. The quantitative estimate of drug-likeness (QED) is 0.0173. The van der Waals surface area contributed by atoms with Crippen molar-refractivity contribution in [3.05, 3.63) is 97.2 Å². The second-order valence-corrected chi connectivity index (χ2v) is 13.1. The fourth-order valence-corrected chi connectivity index (χ4v) is 4.67. The maximum Gasteiger partial charge on any atom is 0.469 e. The molecule has 0 spiro atoms. The van der Waals surface area contributed by atoms with Gasteiger partial charge in [-0.25, -0.2) is 4.57 Å². The molecule has 0 unspecified atom stereocenters. The zero-order chi connectivity index (χ0) is 37.7. The molecule has 0 amide bonds. The Morgan fingerprint density at radius 1 is 0.588 bits per heavy atom. The molecule has 2 N–H and O–H groups in total. The number of carbonyl (C=O) groups is 3. The summed E-state index contributed by atoms with van der Waals surface area (Å²) < 4.78 is 26.2. The summed E-state index contributed by atoms with van der Waals surface area (Å²) in [6, 6.07) is 0. The highest BCUT2D eigenvalue weighted by molar-refractivity contribution is 7.46. The van der Waals surface area contributed by atoms with E-state index in [1.165, 1.54) is 0 Å². The van der Waals surface area contributed by atoms with Gasteiger partial charge in [0, 0.05) is 19.3 Å². The highest BCUT2D eigenvalue weighted by atomic mass is 31.2. The van der Waals surface area contributed by atoms with E-state index in [4.69, 9.17) is 19.3 Å². The molecule has 0 rings (SSSR count). The van der Waals surface area contributed by atoms with Crippen molar-refractivity contribution >= 4 is 25.5 Å². The molecule has 51 heavy (non-hydrogen) atoms. The van der Waals surface area contributed by atoms with Crippen molar-refractivity contribution in [2.75, 3.05) is 13.2 Å². The zero-order valence-corrected chi connectivity index (χ0v) is 31.8. The van der Waals surface area contributed by atoms with Gasteiger partial charge in [0.15, 0.2) is 11.9 Å². The predicted molar refractivity (Wildman–Crippen MR) is 207 cm³/mol. The van der Waals surface area contributed by atoms with Crippen molar-refractivity contribution in [1.82, 2.24) is 0 Å². The standard InChI is InChI=1S/C41H63O9P/c1-3-5-7-8-9-10-11-12-13-14-17-20-23-26-30-34-40(43)48-36-39(37-49-51(45,46)47)50-41(44)35-31-27-24-21-18-15-16-19-22-25-29-33-38(42)32-28-6-4-2/h5,7,9-10,12-13,15-17,20-22,24-25,29,33,39H,3-4,6,8,11,14,18-19,23,26-28,30-32,34-37H2,1-2H3,(H2,45,46,47)/b7-5-,10-9-,13-12-,16-15-,20-17-,24-21-,25-22-,33-29+/t39-/m1/s1. The van der Waals surface area contributed by atoms with E-state index in [0.29, 0.717) is 25.7 Å². The molecular formula is C41H63O9P. The summed E-state index contributed by atoms with van der Waals surface area (Å²) in [4.78, 5) is 54.3. The summed E-state index contributed by atoms with van der Waals surface area (Å²) in [5.74, 6) is -0.888. The van der Waals surface area contributed by atoms with Gasteiger partial charge in [0.05, 0.1) is 6.61 Å². The van der Waals surface area contributed by atoms with Crippen LogP contribution in [0.15, 0.2) is 97.2 Å². The van der Waals surface area contributed by atoms with E-state index >= 15 is 0 Å². The summed E-state index contributed by atoms with van der Waals surface area (Å²) >= 11 is 0. The molecule has 0 aromatic carbocycles. The molecule has 0 aromatic heterocycles. The predicted octanol–water partition coefficient (Wildman–Crippen LogP) is 10.2. The van der Waals surface area contributed by atoms with Crippen LogP contribution in [0.5, 0.6) is 0 Å². The van der Waals surface area contributed by atoms with E-state index in [9.17, 15) is 18.9 Å². The Hall–Kier alpha value is -3.36. The molecule has 0 aromatic rings. The topological polar surface area (TPSA) is 136 Å². The van der Waals surface area contributed by atoms with Crippen LogP contribution in [-0.2, 0) is 32.9 Å². The van der Waals surface area contributed by atoms with Gasteiger partial charge in [0.2, 0.25) is 0 Å². The smallest absolute Gasteiger partial charge is 0.462 e. The van der Waals surface area contributed by atoms with Gasteiger partial charge in [0.1, 0.15) is 6.61 Å². The Kier molecular flexibility index (Phi) is 32.8. The number of hydrogen-bond donors (Lipinski definition) is 2. The highest BCUT2D eigenvalue weighted by Gasteiger charge is 2.22. The first-order valence-electron chi connectivity index (χ1n) is 18.5.